The van der Waals surface area contributed by atoms with Crippen LogP contribution in [0, 0.1) is 27.7 Å². The Bertz CT molecular complexity index is 967. The van der Waals surface area contributed by atoms with Crippen LogP contribution in [0.1, 0.15) is 39.0 Å². The van der Waals surface area contributed by atoms with Crippen molar-refractivity contribution >= 4 is 32.6 Å². The average molecular weight is 396 g/mol. The first-order valence-corrected chi connectivity index (χ1v) is 10.5. The molecule has 0 N–H and O–H groups in total. The lowest BCUT2D eigenvalue weighted by atomic mass is 10.1. The number of hydrogen-bond donors (Lipinski definition) is 0. The van der Waals surface area contributed by atoms with Gasteiger partial charge in [0.15, 0.2) is 5.13 Å². The Hall–Kier alpha value is -2.24. The van der Waals surface area contributed by atoms with Crippen LogP contribution in [-0.4, -0.2) is 43.0 Å². The molecule has 4 nitrogen and oxygen atoms in total. The monoisotopic (exact) mass is 395 g/mol. The molecular formula is C23H29N3OS. The summed E-state index contributed by atoms with van der Waals surface area (Å²) in [5.74, 6) is 0.0226. The summed E-state index contributed by atoms with van der Waals surface area (Å²) in [6.07, 6.45) is 0.900. The maximum atomic E-state index is 13.4. The Balaban J connectivity index is 1.98. The van der Waals surface area contributed by atoms with E-state index in [0.29, 0.717) is 6.54 Å². The zero-order valence-corrected chi connectivity index (χ0v) is 18.5. The number of amides is 1. The Kier molecular flexibility index (Phi) is 6.16. The standard InChI is InChI=1S/C23H29N3OS/c1-15-8-9-19(12-16(15)2)22(27)26(11-7-10-25(5)6)23-24-20-13-17(3)18(4)14-21(20)28-23/h8-9,12-14H,7,10-11H2,1-6H3. The van der Waals surface area contributed by atoms with Crippen molar-refractivity contribution in [2.75, 3.05) is 32.1 Å². The van der Waals surface area contributed by atoms with E-state index in [1.165, 1.54) is 16.7 Å². The Morgan fingerprint density at radius 3 is 2.29 bits per heavy atom. The van der Waals surface area contributed by atoms with Gasteiger partial charge in [-0.2, -0.15) is 0 Å². The molecule has 0 aliphatic carbocycles. The van der Waals surface area contributed by atoms with Crippen molar-refractivity contribution in [1.82, 2.24) is 9.88 Å². The topological polar surface area (TPSA) is 36.4 Å². The fraction of sp³-hybridized carbons (Fsp3) is 0.391. The number of rotatable bonds is 6. The van der Waals surface area contributed by atoms with Crippen molar-refractivity contribution < 1.29 is 4.79 Å². The van der Waals surface area contributed by atoms with Crippen molar-refractivity contribution in [3.05, 3.63) is 58.1 Å². The molecule has 3 rings (SSSR count). The predicted octanol–water partition coefficient (Wildman–Crippen LogP) is 5.13. The fourth-order valence-corrected chi connectivity index (χ4v) is 4.21. The van der Waals surface area contributed by atoms with Crippen LogP contribution < -0.4 is 4.90 Å². The third kappa shape index (κ3) is 4.42. The van der Waals surface area contributed by atoms with E-state index >= 15 is 0 Å². The Labute approximate surface area is 171 Å². The Morgan fingerprint density at radius 2 is 1.61 bits per heavy atom. The van der Waals surface area contributed by atoms with Gasteiger partial charge in [-0.3, -0.25) is 9.69 Å². The minimum atomic E-state index is 0.0226. The summed E-state index contributed by atoms with van der Waals surface area (Å²) in [6, 6.07) is 10.2. The van der Waals surface area contributed by atoms with Crippen LogP contribution >= 0.6 is 11.3 Å². The van der Waals surface area contributed by atoms with Crippen molar-refractivity contribution in [2.45, 2.75) is 34.1 Å². The summed E-state index contributed by atoms with van der Waals surface area (Å²) >= 11 is 1.60. The lowest BCUT2D eigenvalue weighted by Crippen LogP contribution is -2.33. The second kappa shape index (κ2) is 8.41. The molecule has 0 unspecified atom stereocenters. The van der Waals surface area contributed by atoms with Crippen LogP contribution in [0.25, 0.3) is 10.2 Å². The smallest absolute Gasteiger partial charge is 0.260 e. The first-order valence-electron chi connectivity index (χ1n) is 9.68. The van der Waals surface area contributed by atoms with E-state index in [1.807, 2.05) is 30.0 Å². The third-order valence-corrected chi connectivity index (χ3v) is 6.25. The van der Waals surface area contributed by atoms with Gasteiger partial charge in [-0.15, -0.1) is 0 Å². The van der Waals surface area contributed by atoms with E-state index in [9.17, 15) is 4.79 Å². The number of hydrogen-bond acceptors (Lipinski definition) is 4. The largest absolute Gasteiger partial charge is 0.309 e. The second-order valence-corrected chi connectivity index (χ2v) is 8.82. The highest BCUT2D eigenvalue weighted by Gasteiger charge is 2.21. The van der Waals surface area contributed by atoms with Crippen LogP contribution in [0.2, 0.25) is 0 Å². The SMILES string of the molecule is Cc1ccc(C(=O)N(CCCN(C)C)c2nc3cc(C)c(C)cc3s2)cc1C. The molecule has 0 saturated carbocycles. The summed E-state index contributed by atoms with van der Waals surface area (Å²) in [6.45, 7) is 9.91. The van der Waals surface area contributed by atoms with Crippen LogP contribution in [0.4, 0.5) is 5.13 Å². The number of benzene rings is 2. The minimum absolute atomic E-state index is 0.0226. The second-order valence-electron chi connectivity index (χ2n) is 7.81. The summed E-state index contributed by atoms with van der Waals surface area (Å²) in [7, 11) is 4.11. The predicted molar refractivity (Wildman–Crippen MR) is 120 cm³/mol. The molecule has 28 heavy (non-hydrogen) atoms. The summed E-state index contributed by atoms with van der Waals surface area (Å²) in [5.41, 5.74) is 6.50. The molecule has 3 aromatic rings. The lowest BCUT2D eigenvalue weighted by molar-refractivity contribution is 0.0986. The lowest BCUT2D eigenvalue weighted by Gasteiger charge is -2.21. The van der Waals surface area contributed by atoms with Gasteiger partial charge in [0.2, 0.25) is 0 Å². The van der Waals surface area contributed by atoms with E-state index in [0.717, 1.165) is 39.4 Å². The fourth-order valence-electron chi connectivity index (χ4n) is 3.14. The number of thiazole rings is 1. The highest BCUT2D eigenvalue weighted by Crippen LogP contribution is 2.32. The van der Waals surface area contributed by atoms with Gasteiger partial charge in [0.25, 0.3) is 5.91 Å². The quantitative estimate of drug-likeness (QED) is 0.581. The molecule has 148 valence electrons. The normalized spacial score (nSPS) is 11.4. The van der Waals surface area contributed by atoms with Crippen molar-refractivity contribution in [3.8, 4) is 0 Å². The number of anilines is 1. The van der Waals surface area contributed by atoms with Gasteiger partial charge in [0.1, 0.15) is 0 Å². The molecule has 1 heterocycles. The molecular weight excluding hydrogens is 366 g/mol. The molecule has 5 heteroatoms. The molecule has 0 spiro atoms. The highest BCUT2D eigenvalue weighted by atomic mass is 32.1. The molecule has 0 atom stereocenters. The van der Waals surface area contributed by atoms with Gasteiger partial charge >= 0.3 is 0 Å². The highest BCUT2D eigenvalue weighted by molar-refractivity contribution is 7.22. The summed E-state index contributed by atoms with van der Waals surface area (Å²) < 4.78 is 1.13. The van der Waals surface area contributed by atoms with E-state index in [1.54, 1.807) is 11.3 Å². The molecule has 0 fully saturated rings. The van der Waals surface area contributed by atoms with Crippen LogP contribution in [-0.2, 0) is 0 Å². The van der Waals surface area contributed by atoms with Gasteiger partial charge in [0, 0.05) is 12.1 Å². The van der Waals surface area contributed by atoms with E-state index in [2.05, 4.69) is 51.9 Å². The zero-order valence-electron chi connectivity index (χ0n) is 17.7. The minimum Gasteiger partial charge on any atom is -0.309 e. The van der Waals surface area contributed by atoms with E-state index in [-0.39, 0.29) is 5.91 Å². The van der Waals surface area contributed by atoms with Crippen molar-refractivity contribution in [1.29, 1.82) is 0 Å². The average Bonchev–Trinajstić information content (AvgIpc) is 3.03. The van der Waals surface area contributed by atoms with Crippen molar-refractivity contribution in [3.63, 3.8) is 0 Å². The molecule has 0 aliphatic rings. The maximum absolute atomic E-state index is 13.4. The molecule has 0 saturated heterocycles. The molecule has 2 aromatic carbocycles. The Morgan fingerprint density at radius 1 is 0.929 bits per heavy atom. The van der Waals surface area contributed by atoms with Crippen LogP contribution in [0.3, 0.4) is 0 Å². The third-order valence-electron chi connectivity index (χ3n) is 5.21. The van der Waals surface area contributed by atoms with Gasteiger partial charge in [0.05, 0.1) is 10.2 Å². The van der Waals surface area contributed by atoms with Crippen LogP contribution in [0.5, 0.6) is 0 Å². The van der Waals surface area contributed by atoms with E-state index in [4.69, 9.17) is 4.98 Å². The first kappa shape index (κ1) is 20.5. The van der Waals surface area contributed by atoms with Crippen molar-refractivity contribution in [2.24, 2.45) is 0 Å². The van der Waals surface area contributed by atoms with Gasteiger partial charge in [-0.1, -0.05) is 17.4 Å². The van der Waals surface area contributed by atoms with Gasteiger partial charge in [-0.05, 0) is 101 Å². The number of aromatic nitrogens is 1. The number of aryl methyl sites for hydroxylation is 4. The molecule has 0 aliphatic heterocycles. The van der Waals surface area contributed by atoms with E-state index < -0.39 is 0 Å². The number of nitrogens with zero attached hydrogens (tertiary/aromatic N) is 3. The molecule has 1 amide bonds. The summed E-state index contributed by atoms with van der Waals surface area (Å²) in [4.78, 5) is 22.2. The maximum Gasteiger partial charge on any atom is 0.260 e. The molecule has 0 radical (unpaired) electrons. The molecule has 1 aromatic heterocycles. The summed E-state index contributed by atoms with van der Waals surface area (Å²) in [5, 5.41) is 0.780. The zero-order chi connectivity index (χ0) is 20.4. The van der Waals surface area contributed by atoms with Gasteiger partial charge < -0.3 is 4.90 Å². The van der Waals surface area contributed by atoms with Gasteiger partial charge in [-0.25, -0.2) is 4.98 Å². The number of carbonyl (C=O) groups excluding carboxylic acids is 1. The first-order chi connectivity index (χ1) is 13.3. The number of carbonyl (C=O) groups is 1. The van der Waals surface area contributed by atoms with Crippen LogP contribution in [0.15, 0.2) is 30.3 Å². The molecule has 0 bridgehead atoms. The number of fused-ring (bicyclic) bond motifs is 1.